The van der Waals surface area contributed by atoms with Crippen molar-refractivity contribution in [1.82, 2.24) is 0 Å². The molecule has 0 radical (unpaired) electrons. The van der Waals surface area contributed by atoms with Gasteiger partial charge in [-0.05, 0) is 24.3 Å². The van der Waals surface area contributed by atoms with Crippen molar-refractivity contribution in [3.05, 3.63) is 48.3 Å². The molecule has 0 amide bonds. The van der Waals surface area contributed by atoms with Gasteiger partial charge in [-0.25, -0.2) is 12.8 Å². The van der Waals surface area contributed by atoms with Gasteiger partial charge in [-0.3, -0.25) is 0 Å². The summed E-state index contributed by atoms with van der Waals surface area (Å²) in [7, 11) is -4.00. The van der Waals surface area contributed by atoms with Gasteiger partial charge < -0.3 is 10.8 Å². The summed E-state index contributed by atoms with van der Waals surface area (Å²) in [6, 6.07) is 8.51. The highest BCUT2D eigenvalue weighted by Crippen LogP contribution is 2.28. The lowest BCUT2D eigenvalue weighted by Gasteiger charge is -2.07. The number of anilines is 1. The Morgan fingerprint density at radius 3 is 2.39 bits per heavy atom. The molecule has 0 saturated heterocycles. The van der Waals surface area contributed by atoms with Gasteiger partial charge in [0.1, 0.15) is 16.5 Å². The molecule has 0 aliphatic heterocycles. The third-order valence-electron chi connectivity index (χ3n) is 2.44. The van der Waals surface area contributed by atoms with Gasteiger partial charge in [0, 0.05) is 6.07 Å². The first-order valence-electron chi connectivity index (χ1n) is 5.01. The van der Waals surface area contributed by atoms with Gasteiger partial charge in [-0.2, -0.15) is 0 Å². The van der Waals surface area contributed by atoms with Crippen LogP contribution in [0.1, 0.15) is 0 Å². The van der Waals surface area contributed by atoms with Gasteiger partial charge in [-0.15, -0.1) is 0 Å². The normalized spacial score (nSPS) is 11.4. The lowest BCUT2D eigenvalue weighted by molar-refractivity contribution is 0.475. The first kappa shape index (κ1) is 12.4. The highest BCUT2D eigenvalue weighted by atomic mass is 32.2. The minimum absolute atomic E-state index is 0.0579. The van der Waals surface area contributed by atoms with Crippen LogP contribution in [0.3, 0.4) is 0 Å². The largest absolute Gasteiger partial charge is 0.506 e. The predicted molar refractivity (Wildman–Crippen MR) is 64.4 cm³/mol. The van der Waals surface area contributed by atoms with Gasteiger partial charge in [0.25, 0.3) is 0 Å². The van der Waals surface area contributed by atoms with Gasteiger partial charge in [0.2, 0.25) is 9.84 Å². The predicted octanol–water partition coefficient (Wildman–Crippen LogP) is 1.95. The van der Waals surface area contributed by atoms with Crippen LogP contribution in [0.2, 0.25) is 0 Å². The summed E-state index contributed by atoms with van der Waals surface area (Å²) < 4.78 is 37.7. The number of sulfone groups is 1. The SMILES string of the molecule is Nc1ccc(S(=O)(=O)c2ccccc2F)cc1O. The lowest BCUT2D eigenvalue weighted by Crippen LogP contribution is -2.04. The molecule has 0 saturated carbocycles. The van der Waals surface area contributed by atoms with Crippen LogP contribution in [0.4, 0.5) is 10.1 Å². The summed E-state index contributed by atoms with van der Waals surface area (Å²) in [6.07, 6.45) is 0. The van der Waals surface area contributed by atoms with Crippen molar-refractivity contribution in [1.29, 1.82) is 0 Å². The van der Waals surface area contributed by atoms with E-state index in [9.17, 15) is 17.9 Å². The Balaban J connectivity index is 2.62. The van der Waals surface area contributed by atoms with Crippen molar-refractivity contribution in [2.24, 2.45) is 0 Å². The number of phenols is 1. The Labute approximate surface area is 103 Å². The first-order valence-corrected chi connectivity index (χ1v) is 6.49. The Morgan fingerprint density at radius 2 is 1.78 bits per heavy atom. The van der Waals surface area contributed by atoms with E-state index in [2.05, 4.69) is 0 Å². The number of rotatable bonds is 2. The molecule has 0 aliphatic carbocycles. The number of nitrogens with two attached hydrogens (primary N) is 1. The zero-order valence-corrected chi connectivity index (χ0v) is 9.99. The minimum atomic E-state index is -4.00. The molecule has 0 fully saturated rings. The molecule has 2 rings (SSSR count). The molecule has 18 heavy (non-hydrogen) atoms. The monoisotopic (exact) mass is 267 g/mol. The number of aromatic hydroxyl groups is 1. The van der Waals surface area contributed by atoms with E-state index >= 15 is 0 Å². The quantitative estimate of drug-likeness (QED) is 0.643. The van der Waals surface area contributed by atoms with Crippen molar-refractivity contribution in [2.45, 2.75) is 9.79 Å². The molecular weight excluding hydrogens is 257 g/mol. The molecule has 0 spiro atoms. The summed E-state index contributed by atoms with van der Waals surface area (Å²) in [5.74, 6) is -1.19. The fourth-order valence-electron chi connectivity index (χ4n) is 1.48. The topological polar surface area (TPSA) is 80.4 Å². The smallest absolute Gasteiger partial charge is 0.209 e. The number of benzene rings is 2. The molecule has 2 aromatic carbocycles. The van der Waals surface area contributed by atoms with E-state index < -0.39 is 20.5 Å². The fraction of sp³-hybridized carbons (Fsp3) is 0. The molecule has 2 aromatic rings. The van der Waals surface area contributed by atoms with Crippen molar-refractivity contribution < 1.29 is 17.9 Å². The Kier molecular flexibility index (Phi) is 2.96. The average molecular weight is 267 g/mol. The number of hydrogen-bond acceptors (Lipinski definition) is 4. The molecule has 4 nitrogen and oxygen atoms in total. The van der Waals surface area contributed by atoms with Crippen LogP contribution in [0.5, 0.6) is 5.75 Å². The molecule has 0 unspecified atom stereocenters. The maximum absolute atomic E-state index is 13.5. The second kappa shape index (κ2) is 4.30. The number of phenolic OH excluding ortho intramolecular Hbond substituents is 1. The lowest BCUT2D eigenvalue weighted by atomic mass is 10.3. The highest BCUT2D eigenvalue weighted by Gasteiger charge is 2.22. The third kappa shape index (κ3) is 2.02. The van der Waals surface area contributed by atoms with Gasteiger partial charge in [0.05, 0.1) is 10.6 Å². The van der Waals surface area contributed by atoms with E-state index in [1.54, 1.807) is 0 Å². The molecule has 0 bridgehead atoms. The van der Waals surface area contributed by atoms with Crippen LogP contribution >= 0.6 is 0 Å². The molecule has 6 heteroatoms. The van der Waals surface area contributed by atoms with E-state index in [1.807, 2.05) is 0 Å². The maximum Gasteiger partial charge on any atom is 0.209 e. The molecule has 0 aromatic heterocycles. The van der Waals surface area contributed by atoms with E-state index in [1.165, 1.54) is 24.3 Å². The molecule has 0 atom stereocenters. The van der Waals surface area contributed by atoms with Crippen molar-refractivity contribution >= 4 is 15.5 Å². The van der Waals surface area contributed by atoms with E-state index in [0.29, 0.717) is 0 Å². The fourth-order valence-corrected chi connectivity index (χ4v) is 2.83. The maximum atomic E-state index is 13.5. The summed E-state index contributed by atoms with van der Waals surface area (Å²) in [6.45, 7) is 0. The number of hydrogen-bond donors (Lipinski definition) is 2. The standard InChI is InChI=1S/C12H10FNO3S/c13-9-3-1-2-4-12(9)18(16,17)8-5-6-10(14)11(15)7-8/h1-7,15H,14H2. The molecule has 0 aliphatic rings. The van der Waals surface area contributed by atoms with Crippen molar-refractivity contribution in [3.8, 4) is 5.75 Å². The highest BCUT2D eigenvalue weighted by molar-refractivity contribution is 7.91. The van der Waals surface area contributed by atoms with Crippen molar-refractivity contribution in [3.63, 3.8) is 0 Å². The van der Waals surface area contributed by atoms with Gasteiger partial charge in [0.15, 0.2) is 0 Å². The molecule has 0 heterocycles. The Hall–Kier alpha value is -2.08. The third-order valence-corrected chi connectivity index (χ3v) is 4.22. The number of nitrogen functional groups attached to an aromatic ring is 1. The summed E-state index contributed by atoms with van der Waals surface area (Å²) in [5.41, 5.74) is 5.44. The van der Waals surface area contributed by atoms with Gasteiger partial charge in [-0.1, -0.05) is 12.1 Å². The molecule has 94 valence electrons. The van der Waals surface area contributed by atoms with Crippen LogP contribution in [-0.2, 0) is 9.84 Å². The van der Waals surface area contributed by atoms with Crippen molar-refractivity contribution in [2.75, 3.05) is 5.73 Å². The first-order chi connectivity index (χ1) is 8.43. The molecular formula is C12H10FNO3S. The van der Waals surface area contributed by atoms with Gasteiger partial charge >= 0.3 is 0 Å². The average Bonchev–Trinajstić information content (AvgIpc) is 2.33. The summed E-state index contributed by atoms with van der Waals surface area (Å²) in [4.78, 5) is -0.645. The summed E-state index contributed by atoms with van der Waals surface area (Å²) in [5, 5.41) is 9.40. The van der Waals surface area contributed by atoms with E-state index in [0.717, 1.165) is 18.2 Å². The zero-order valence-electron chi connectivity index (χ0n) is 9.17. The molecule has 3 N–H and O–H groups in total. The van der Waals surface area contributed by atoms with Crippen LogP contribution in [0.25, 0.3) is 0 Å². The summed E-state index contributed by atoms with van der Waals surface area (Å²) >= 11 is 0. The Morgan fingerprint density at radius 1 is 1.11 bits per heavy atom. The second-order valence-electron chi connectivity index (χ2n) is 3.65. The van der Waals surface area contributed by atoms with Crippen LogP contribution in [0.15, 0.2) is 52.3 Å². The van der Waals surface area contributed by atoms with E-state index in [4.69, 9.17) is 5.73 Å². The second-order valence-corrected chi connectivity index (χ2v) is 5.57. The zero-order chi connectivity index (χ0) is 13.3. The number of halogens is 1. The van der Waals surface area contributed by atoms with Crippen LogP contribution in [-0.4, -0.2) is 13.5 Å². The van der Waals surface area contributed by atoms with E-state index in [-0.39, 0.29) is 16.3 Å². The van der Waals surface area contributed by atoms with Crippen LogP contribution in [0, 0.1) is 5.82 Å². The van der Waals surface area contributed by atoms with Crippen LogP contribution < -0.4 is 5.73 Å². The Bertz CT molecular complexity index is 698. The minimum Gasteiger partial charge on any atom is -0.506 e.